The summed E-state index contributed by atoms with van der Waals surface area (Å²) in [5.74, 6) is 1.17. The third-order valence-electron chi connectivity index (χ3n) is 3.72. The van der Waals surface area contributed by atoms with E-state index in [0.717, 1.165) is 31.4 Å². The molecule has 0 radical (unpaired) electrons. The number of benzene rings is 1. The maximum absolute atomic E-state index is 11.4. The van der Waals surface area contributed by atoms with Crippen LogP contribution in [0.4, 0.5) is 11.5 Å². The first-order valence-corrected chi connectivity index (χ1v) is 7.34. The highest BCUT2D eigenvalue weighted by Gasteiger charge is 2.23. The second kappa shape index (κ2) is 5.45. The summed E-state index contributed by atoms with van der Waals surface area (Å²) in [6.45, 7) is 4.69. The zero-order chi connectivity index (χ0) is 15.0. The van der Waals surface area contributed by atoms with Gasteiger partial charge in [-0.3, -0.25) is 4.79 Å². The maximum Gasteiger partial charge on any atom is 0.156 e. The van der Waals surface area contributed by atoms with Gasteiger partial charge in [0, 0.05) is 12.2 Å². The van der Waals surface area contributed by atoms with Crippen LogP contribution in [0.3, 0.4) is 0 Å². The molecule has 4 nitrogen and oxygen atoms in total. The molecule has 2 aromatic rings. The van der Waals surface area contributed by atoms with Gasteiger partial charge in [-0.1, -0.05) is 29.3 Å². The van der Waals surface area contributed by atoms with Gasteiger partial charge >= 0.3 is 0 Å². The normalized spacial score (nSPS) is 14.0. The molecule has 0 unspecified atom stereocenters. The zero-order valence-electron chi connectivity index (χ0n) is 12.1. The Morgan fingerprint density at radius 2 is 2.10 bits per heavy atom. The van der Waals surface area contributed by atoms with Crippen LogP contribution < -0.4 is 4.90 Å². The lowest BCUT2D eigenvalue weighted by molar-refractivity contribution is 0.112. The summed E-state index contributed by atoms with van der Waals surface area (Å²) in [5.41, 5.74) is 3.98. The maximum atomic E-state index is 11.4. The van der Waals surface area contributed by atoms with E-state index >= 15 is 0 Å². The lowest BCUT2D eigenvalue weighted by Gasteiger charge is -2.31. The van der Waals surface area contributed by atoms with Gasteiger partial charge in [-0.05, 0) is 38.3 Å². The van der Waals surface area contributed by atoms with E-state index in [-0.39, 0.29) is 5.15 Å². The molecule has 3 rings (SSSR count). The summed E-state index contributed by atoms with van der Waals surface area (Å²) < 4.78 is 0. The van der Waals surface area contributed by atoms with Gasteiger partial charge < -0.3 is 4.90 Å². The van der Waals surface area contributed by atoms with Crippen molar-refractivity contribution in [3.8, 4) is 0 Å². The van der Waals surface area contributed by atoms with Gasteiger partial charge in [0.05, 0.1) is 5.56 Å². The number of carbonyl (C=O) groups is 1. The Balaban J connectivity index is 2.17. The summed E-state index contributed by atoms with van der Waals surface area (Å²) in [4.78, 5) is 22.0. The second-order valence-electron chi connectivity index (χ2n) is 5.30. The molecule has 0 N–H and O–H groups in total. The molecular formula is C16H16ClN3O. The first kappa shape index (κ1) is 14.0. The van der Waals surface area contributed by atoms with Crippen LogP contribution in [-0.2, 0) is 6.42 Å². The molecule has 21 heavy (non-hydrogen) atoms. The number of hydrogen-bond donors (Lipinski definition) is 0. The Morgan fingerprint density at radius 3 is 2.86 bits per heavy atom. The molecule has 108 valence electrons. The number of hydrogen-bond acceptors (Lipinski definition) is 4. The van der Waals surface area contributed by atoms with Crippen LogP contribution in [0, 0.1) is 13.8 Å². The van der Waals surface area contributed by atoms with Crippen molar-refractivity contribution in [2.45, 2.75) is 26.7 Å². The van der Waals surface area contributed by atoms with Crippen LogP contribution in [0.2, 0.25) is 5.15 Å². The van der Waals surface area contributed by atoms with Crippen LogP contribution >= 0.6 is 11.6 Å². The number of halogens is 1. The Kier molecular flexibility index (Phi) is 3.64. The van der Waals surface area contributed by atoms with Crippen LogP contribution in [0.1, 0.15) is 33.7 Å². The van der Waals surface area contributed by atoms with Crippen molar-refractivity contribution < 1.29 is 4.79 Å². The van der Waals surface area contributed by atoms with Gasteiger partial charge in [-0.2, -0.15) is 0 Å². The predicted molar refractivity (Wildman–Crippen MR) is 83.7 cm³/mol. The molecular weight excluding hydrogens is 286 g/mol. The Morgan fingerprint density at radius 1 is 1.29 bits per heavy atom. The summed E-state index contributed by atoms with van der Waals surface area (Å²) in [5, 5.41) is 0.215. The first-order valence-electron chi connectivity index (χ1n) is 6.96. The molecule has 0 atom stereocenters. The highest BCUT2D eigenvalue weighted by molar-refractivity contribution is 6.32. The minimum absolute atomic E-state index is 0.215. The number of anilines is 2. The summed E-state index contributed by atoms with van der Waals surface area (Å²) in [7, 11) is 0. The van der Waals surface area contributed by atoms with E-state index in [9.17, 15) is 4.79 Å². The summed E-state index contributed by atoms with van der Waals surface area (Å²) >= 11 is 6.10. The molecule has 0 bridgehead atoms. The number of fused-ring (bicyclic) bond motifs is 1. The van der Waals surface area contributed by atoms with Crippen molar-refractivity contribution in [1.82, 2.24) is 9.97 Å². The van der Waals surface area contributed by atoms with E-state index in [4.69, 9.17) is 11.6 Å². The molecule has 0 amide bonds. The first-order chi connectivity index (χ1) is 10.1. The number of carbonyl (C=O) groups excluding carboxylic acids is 1. The zero-order valence-corrected chi connectivity index (χ0v) is 12.8. The second-order valence-corrected chi connectivity index (χ2v) is 5.66. The fourth-order valence-corrected chi connectivity index (χ4v) is 3.04. The van der Waals surface area contributed by atoms with Crippen LogP contribution in [0.5, 0.6) is 0 Å². The average molecular weight is 302 g/mol. The van der Waals surface area contributed by atoms with Crippen molar-refractivity contribution >= 4 is 29.4 Å². The van der Waals surface area contributed by atoms with Crippen molar-refractivity contribution in [2.75, 3.05) is 11.4 Å². The molecule has 1 aliphatic rings. The standard InChI is InChI=1S/C16H16ClN3O/c1-10-5-6-14-12(8-10)4-3-7-20(14)16-13(9-21)15(17)18-11(2)19-16/h5-6,8-9H,3-4,7H2,1-2H3. The van der Waals surface area contributed by atoms with Crippen molar-refractivity contribution in [2.24, 2.45) is 0 Å². The monoisotopic (exact) mass is 301 g/mol. The number of nitrogens with zero attached hydrogens (tertiary/aromatic N) is 3. The molecule has 1 aromatic heterocycles. The minimum Gasteiger partial charge on any atom is -0.325 e. The number of rotatable bonds is 2. The molecule has 1 aliphatic heterocycles. The largest absolute Gasteiger partial charge is 0.325 e. The number of aromatic nitrogens is 2. The summed E-state index contributed by atoms with van der Waals surface area (Å²) in [6.07, 6.45) is 2.80. The molecule has 0 saturated heterocycles. The molecule has 0 aliphatic carbocycles. The highest BCUT2D eigenvalue weighted by Crippen LogP contribution is 2.35. The van der Waals surface area contributed by atoms with E-state index in [1.807, 2.05) is 0 Å². The Hall–Kier alpha value is -1.94. The number of aryl methyl sites for hydroxylation is 3. The van der Waals surface area contributed by atoms with Crippen LogP contribution in [0.15, 0.2) is 18.2 Å². The molecule has 0 fully saturated rings. The fourth-order valence-electron chi connectivity index (χ4n) is 2.79. The third-order valence-corrected chi connectivity index (χ3v) is 4.01. The quantitative estimate of drug-likeness (QED) is 0.627. The predicted octanol–water partition coefficient (Wildman–Crippen LogP) is 3.64. The number of aldehydes is 1. The Bertz CT molecular complexity index is 715. The Labute approximate surface area is 128 Å². The van der Waals surface area contributed by atoms with Crippen molar-refractivity contribution in [1.29, 1.82) is 0 Å². The van der Waals surface area contributed by atoms with E-state index in [0.29, 0.717) is 17.2 Å². The lowest BCUT2D eigenvalue weighted by atomic mass is 9.99. The van der Waals surface area contributed by atoms with Gasteiger partial charge in [0.1, 0.15) is 16.8 Å². The van der Waals surface area contributed by atoms with Gasteiger partial charge in [-0.25, -0.2) is 9.97 Å². The highest BCUT2D eigenvalue weighted by atomic mass is 35.5. The molecule has 5 heteroatoms. The van der Waals surface area contributed by atoms with E-state index in [2.05, 4.69) is 40.0 Å². The molecule has 0 spiro atoms. The van der Waals surface area contributed by atoms with Crippen LogP contribution in [0.25, 0.3) is 0 Å². The third kappa shape index (κ3) is 2.51. The summed E-state index contributed by atoms with van der Waals surface area (Å²) in [6, 6.07) is 6.36. The van der Waals surface area contributed by atoms with Gasteiger partial charge in [0.15, 0.2) is 6.29 Å². The average Bonchev–Trinajstić information content (AvgIpc) is 2.45. The molecule has 1 aromatic carbocycles. The topological polar surface area (TPSA) is 46.1 Å². The van der Waals surface area contributed by atoms with Crippen LogP contribution in [-0.4, -0.2) is 22.8 Å². The van der Waals surface area contributed by atoms with E-state index in [1.54, 1.807) is 6.92 Å². The SMILES string of the molecule is Cc1ccc2c(c1)CCCN2c1nc(C)nc(Cl)c1C=O. The fraction of sp³-hybridized carbons (Fsp3) is 0.312. The molecule has 2 heterocycles. The lowest BCUT2D eigenvalue weighted by Crippen LogP contribution is -2.27. The van der Waals surface area contributed by atoms with Gasteiger partial charge in [-0.15, -0.1) is 0 Å². The van der Waals surface area contributed by atoms with Crippen molar-refractivity contribution in [3.63, 3.8) is 0 Å². The molecule has 0 saturated carbocycles. The smallest absolute Gasteiger partial charge is 0.156 e. The van der Waals surface area contributed by atoms with Gasteiger partial charge in [0.25, 0.3) is 0 Å². The van der Waals surface area contributed by atoms with E-state index < -0.39 is 0 Å². The van der Waals surface area contributed by atoms with Gasteiger partial charge in [0.2, 0.25) is 0 Å². The van der Waals surface area contributed by atoms with E-state index in [1.165, 1.54) is 11.1 Å². The minimum atomic E-state index is 0.215. The van der Waals surface area contributed by atoms with Crippen molar-refractivity contribution in [3.05, 3.63) is 45.9 Å².